The summed E-state index contributed by atoms with van der Waals surface area (Å²) in [5, 5.41) is 3.16. The molecule has 0 aliphatic heterocycles. The molecule has 0 spiro atoms. The zero-order valence-corrected chi connectivity index (χ0v) is 12.3. The number of pyridine rings is 1. The van der Waals surface area contributed by atoms with Crippen molar-refractivity contribution < 1.29 is 9.13 Å². The third-order valence-electron chi connectivity index (χ3n) is 2.70. The first-order valence-corrected chi connectivity index (χ1v) is 6.58. The topological polar surface area (TPSA) is 34.1 Å². The molecule has 1 heterocycles. The zero-order chi connectivity index (χ0) is 13.8. The quantitative estimate of drug-likeness (QED) is 0.925. The van der Waals surface area contributed by atoms with Crippen LogP contribution in [0.2, 0.25) is 0 Å². The van der Waals surface area contributed by atoms with Gasteiger partial charge in [-0.15, -0.1) is 0 Å². The standard InChI is InChI=1S/C14H14BrFN2O/c1-9-5-13(14(19-2)8-17-9)18-7-10-6-11(15)3-4-12(10)16/h3-6,8H,7H2,1-2H3,(H,17,18). The van der Waals surface area contributed by atoms with Crippen LogP contribution in [0.4, 0.5) is 10.1 Å². The zero-order valence-electron chi connectivity index (χ0n) is 10.7. The molecule has 100 valence electrons. The predicted octanol–water partition coefficient (Wildman–Crippen LogP) is 3.91. The molecule has 0 bridgehead atoms. The number of nitrogens with zero attached hydrogens (tertiary/aromatic N) is 1. The number of hydrogen-bond acceptors (Lipinski definition) is 3. The van der Waals surface area contributed by atoms with Crippen molar-refractivity contribution in [3.63, 3.8) is 0 Å². The van der Waals surface area contributed by atoms with Gasteiger partial charge in [0.2, 0.25) is 0 Å². The highest BCUT2D eigenvalue weighted by Gasteiger charge is 2.06. The van der Waals surface area contributed by atoms with Crippen molar-refractivity contribution in [1.82, 2.24) is 4.98 Å². The van der Waals surface area contributed by atoms with Gasteiger partial charge < -0.3 is 10.1 Å². The van der Waals surface area contributed by atoms with Gasteiger partial charge in [-0.2, -0.15) is 0 Å². The monoisotopic (exact) mass is 324 g/mol. The minimum Gasteiger partial charge on any atom is -0.493 e. The van der Waals surface area contributed by atoms with Gasteiger partial charge in [-0.1, -0.05) is 15.9 Å². The molecule has 0 fully saturated rings. The van der Waals surface area contributed by atoms with E-state index in [1.54, 1.807) is 25.4 Å². The van der Waals surface area contributed by atoms with Gasteiger partial charge in [0.05, 0.1) is 19.0 Å². The van der Waals surface area contributed by atoms with E-state index in [1.807, 2.05) is 13.0 Å². The maximum Gasteiger partial charge on any atom is 0.160 e. The second kappa shape index (κ2) is 6.02. The van der Waals surface area contributed by atoms with E-state index in [9.17, 15) is 4.39 Å². The summed E-state index contributed by atoms with van der Waals surface area (Å²) in [5.74, 6) is 0.404. The van der Waals surface area contributed by atoms with Gasteiger partial charge in [-0.3, -0.25) is 4.98 Å². The Morgan fingerprint density at radius 3 is 2.89 bits per heavy atom. The molecule has 0 unspecified atom stereocenters. The lowest BCUT2D eigenvalue weighted by Crippen LogP contribution is -2.04. The minimum atomic E-state index is -0.236. The van der Waals surface area contributed by atoms with Gasteiger partial charge in [0.1, 0.15) is 5.82 Å². The third kappa shape index (κ3) is 3.44. The lowest BCUT2D eigenvalue weighted by atomic mass is 10.2. The van der Waals surface area contributed by atoms with E-state index < -0.39 is 0 Å². The summed E-state index contributed by atoms with van der Waals surface area (Å²) in [6.45, 7) is 2.27. The number of methoxy groups -OCH3 is 1. The molecule has 1 aromatic heterocycles. The summed E-state index contributed by atoms with van der Waals surface area (Å²) in [6, 6.07) is 6.74. The van der Waals surface area contributed by atoms with E-state index in [0.717, 1.165) is 15.9 Å². The maximum absolute atomic E-state index is 13.6. The lowest BCUT2D eigenvalue weighted by molar-refractivity contribution is 0.414. The van der Waals surface area contributed by atoms with E-state index in [1.165, 1.54) is 6.07 Å². The van der Waals surface area contributed by atoms with Crippen LogP contribution in [0.5, 0.6) is 5.75 Å². The van der Waals surface area contributed by atoms with Crippen LogP contribution in [0.25, 0.3) is 0 Å². The average molecular weight is 325 g/mol. The summed E-state index contributed by atoms with van der Waals surface area (Å²) in [7, 11) is 1.58. The van der Waals surface area contributed by atoms with Crippen molar-refractivity contribution in [2.45, 2.75) is 13.5 Å². The molecule has 0 amide bonds. The summed E-state index contributed by atoms with van der Waals surface area (Å²) < 4.78 is 19.7. The number of hydrogen-bond donors (Lipinski definition) is 1. The smallest absolute Gasteiger partial charge is 0.160 e. The highest BCUT2D eigenvalue weighted by Crippen LogP contribution is 2.25. The number of benzene rings is 1. The van der Waals surface area contributed by atoms with E-state index in [4.69, 9.17) is 4.74 Å². The molecule has 5 heteroatoms. The maximum atomic E-state index is 13.6. The van der Waals surface area contributed by atoms with E-state index >= 15 is 0 Å². The lowest BCUT2D eigenvalue weighted by Gasteiger charge is -2.12. The largest absolute Gasteiger partial charge is 0.493 e. The van der Waals surface area contributed by atoms with Crippen molar-refractivity contribution in [1.29, 1.82) is 0 Å². The average Bonchev–Trinajstić information content (AvgIpc) is 2.40. The van der Waals surface area contributed by atoms with Crippen LogP contribution in [-0.4, -0.2) is 12.1 Å². The number of nitrogens with one attached hydrogen (secondary N) is 1. The molecule has 2 rings (SSSR count). The van der Waals surface area contributed by atoms with Crippen LogP contribution in [-0.2, 0) is 6.54 Å². The Labute approximate surface area is 119 Å². The van der Waals surface area contributed by atoms with Gasteiger partial charge in [0.15, 0.2) is 5.75 Å². The van der Waals surface area contributed by atoms with E-state index in [2.05, 4.69) is 26.2 Å². The van der Waals surface area contributed by atoms with Gasteiger partial charge >= 0.3 is 0 Å². The first kappa shape index (κ1) is 13.8. The first-order valence-electron chi connectivity index (χ1n) is 5.78. The Hall–Kier alpha value is -1.62. The normalized spacial score (nSPS) is 10.3. The molecule has 2 aromatic rings. The number of aromatic nitrogens is 1. The van der Waals surface area contributed by atoms with Crippen molar-refractivity contribution in [2.24, 2.45) is 0 Å². The third-order valence-corrected chi connectivity index (χ3v) is 3.19. The Morgan fingerprint density at radius 1 is 1.37 bits per heavy atom. The molecular formula is C14H14BrFN2O. The minimum absolute atomic E-state index is 0.236. The Bertz CT molecular complexity index is 590. The predicted molar refractivity (Wildman–Crippen MR) is 77.0 cm³/mol. The fourth-order valence-electron chi connectivity index (χ4n) is 1.72. The Kier molecular flexibility index (Phi) is 4.37. The molecule has 0 saturated carbocycles. The fraction of sp³-hybridized carbons (Fsp3) is 0.214. The molecule has 0 aliphatic carbocycles. The second-order valence-corrected chi connectivity index (χ2v) is 5.03. The molecule has 0 radical (unpaired) electrons. The van der Waals surface area contributed by atoms with Crippen molar-refractivity contribution in [3.05, 3.63) is 52.0 Å². The highest BCUT2D eigenvalue weighted by atomic mass is 79.9. The van der Waals surface area contributed by atoms with Crippen LogP contribution in [0.15, 0.2) is 34.9 Å². The highest BCUT2D eigenvalue weighted by molar-refractivity contribution is 9.10. The molecule has 0 saturated heterocycles. The molecule has 1 aromatic carbocycles. The van der Waals surface area contributed by atoms with Crippen LogP contribution in [0.3, 0.4) is 0 Å². The molecule has 19 heavy (non-hydrogen) atoms. The van der Waals surface area contributed by atoms with E-state index in [-0.39, 0.29) is 5.82 Å². The van der Waals surface area contributed by atoms with Gasteiger partial charge in [0, 0.05) is 22.3 Å². The summed E-state index contributed by atoms with van der Waals surface area (Å²) in [5.41, 5.74) is 2.26. The molecule has 0 atom stereocenters. The number of rotatable bonds is 4. The van der Waals surface area contributed by atoms with Crippen molar-refractivity contribution >= 4 is 21.6 Å². The van der Waals surface area contributed by atoms with Gasteiger partial charge in [-0.05, 0) is 31.2 Å². The van der Waals surface area contributed by atoms with E-state index in [0.29, 0.717) is 17.9 Å². The molecule has 1 N–H and O–H groups in total. The fourth-order valence-corrected chi connectivity index (χ4v) is 2.13. The van der Waals surface area contributed by atoms with Crippen molar-refractivity contribution in [2.75, 3.05) is 12.4 Å². The van der Waals surface area contributed by atoms with Crippen LogP contribution >= 0.6 is 15.9 Å². The van der Waals surface area contributed by atoms with Crippen molar-refractivity contribution in [3.8, 4) is 5.75 Å². The van der Waals surface area contributed by atoms with Gasteiger partial charge in [0.25, 0.3) is 0 Å². The molecule has 3 nitrogen and oxygen atoms in total. The molecule has 0 aliphatic rings. The number of ether oxygens (including phenoxy) is 1. The molecular weight excluding hydrogens is 311 g/mol. The summed E-state index contributed by atoms with van der Waals surface area (Å²) in [6.07, 6.45) is 1.65. The van der Waals surface area contributed by atoms with Gasteiger partial charge in [-0.25, -0.2) is 4.39 Å². The first-order chi connectivity index (χ1) is 9.10. The summed E-state index contributed by atoms with van der Waals surface area (Å²) >= 11 is 3.33. The Morgan fingerprint density at radius 2 is 2.16 bits per heavy atom. The number of anilines is 1. The second-order valence-electron chi connectivity index (χ2n) is 4.12. The summed E-state index contributed by atoms with van der Waals surface area (Å²) in [4.78, 5) is 4.15. The number of halogens is 2. The van der Waals surface area contributed by atoms with Crippen LogP contribution in [0.1, 0.15) is 11.3 Å². The number of aryl methyl sites for hydroxylation is 1. The SMILES string of the molecule is COc1cnc(C)cc1NCc1cc(Br)ccc1F. The van der Waals surface area contributed by atoms with Crippen LogP contribution in [0, 0.1) is 12.7 Å². The Balaban J connectivity index is 2.18. The van der Waals surface area contributed by atoms with Crippen LogP contribution < -0.4 is 10.1 Å².